The summed E-state index contributed by atoms with van der Waals surface area (Å²) >= 11 is 1.42. The van der Waals surface area contributed by atoms with E-state index >= 15 is 0 Å². The summed E-state index contributed by atoms with van der Waals surface area (Å²) in [5, 5.41) is 21.3. The van der Waals surface area contributed by atoms with E-state index in [-0.39, 0.29) is 18.6 Å². The molecule has 0 aromatic carbocycles. The monoisotopic (exact) mass is 270 g/mol. The van der Waals surface area contributed by atoms with Crippen LogP contribution < -0.4 is 5.32 Å². The number of hydrogen-bond donors (Lipinski definition) is 2. The molecular formula is C11H18N4O2S. The van der Waals surface area contributed by atoms with Gasteiger partial charge in [-0.05, 0) is 12.8 Å². The number of urea groups is 1. The van der Waals surface area contributed by atoms with Gasteiger partial charge in [0, 0.05) is 32.0 Å². The summed E-state index contributed by atoms with van der Waals surface area (Å²) < 4.78 is 0. The van der Waals surface area contributed by atoms with Crippen LogP contribution in [-0.4, -0.2) is 45.9 Å². The number of aliphatic hydroxyl groups excluding tert-OH is 1. The van der Waals surface area contributed by atoms with Gasteiger partial charge in [-0.3, -0.25) is 5.32 Å². The van der Waals surface area contributed by atoms with Gasteiger partial charge in [-0.1, -0.05) is 18.3 Å². The normalized spacial score (nSPS) is 19.2. The lowest BCUT2D eigenvalue weighted by molar-refractivity contribution is 0.208. The second-order valence-corrected chi connectivity index (χ2v) is 5.53. The summed E-state index contributed by atoms with van der Waals surface area (Å²) in [6.45, 7) is 3.53. The summed E-state index contributed by atoms with van der Waals surface area (Å²) in [5.74, 6) is 0.209. The van der Waals surface area contributed by atoms with Gasteiger partial charge >= 0.3 is 6.03 Å². The van der Waals surface area contributed by atoms with E-state index in [1.54, 1.807) is 4.90 Å². The molecule has 100 valence electrons. The van der Waals surface area contributed by atoms with Crippen molar-refractivity contribution in [1.82, 2.24) is 15.1 Å². The first-order chi connectivity index (χ1) is 8.72. The number of nitrogens with zero attached hydrogens (tertiary/aromatic N) is 3. The molecule has 2 amide bonds. The molecule has 1 aliphatic heterocycles. The van der Waals surface area contributed by atoms with Gasteiger partial charge in [0.1, 0.15) is 5.01 Å². The second kappa shape index (κ2) is 6.10. The Morgan fingerprint density at radius 1 is 1.61 bits per heavy atom. The van der Waals surface area contributed by atoms with Crippen LogP contribution in [0, 0.1) is 5.92 Å². The Balaban J connectivity index is 1.86. The summed E-state index contributed by atoms with van der Waals surface area (Å²) in [6.07, 6.45) is 2.78. The topological polar surface area (TPSA) is 78.4 Å². The third-order valence-electron chi connectivity index (χ3n) is 2.98. The molecule has 2 rings (SSSR count). The number of likely N-dealkylation sites (tertiary alicyclic amines) is 1. The Labute approximate surface area is 110 Å². The second-order valence-electron chi connectivity index (χ2n) is 4.46. The fraction of sp³-hybridized carbons (Fsp3) is 0.727. The van der Waals surface area contributed by atoms with Crippen molar-refractivity contribution in [2.75, 3.05) is 25.0 Å². The highest BCUT2D eigenvalue weighted by Gasteiger charge is 2.26. The summed E-state index contributed by atoms with van der Waals surface area (Å²) in [4.78, 5) is 13.6. The van der Waals surface area contributed by atoms with E-state index in [1.165, 1.54) is 11.3 Å². The maximum absolute atomic E-state index is 11.9. The van der Waals surface area contributed by atoms with Gasteiger partial charge in [0.05, 0.1) is 0 Å². The van der Waals surface area contributed by atoms with Gasteiger partial charge < -0.3 is 10.0 Å². The van der Waals surface area contributed by atoms with Gasteiger partial charge in [-0.2, -0.15) is 0 Å². The molecule has 0 bridgehead atoms. The van der Waals surface area contributed by atoms with Crippen LogP contribution in [0.3, 0.4) is 0 Å². The van der Waals surface area contributed by atoms with Crippen molar-refractivity contribution < 1.29 is 9.90 Å². The van der Waals surface area contributed by atoms with Crippen molar-refractivity contribution in [3.8, 4) is 0 Å². The SMILES string of the molecule is CCCc1nnc(NC(=O)N2CCC(CO)C2)s1. The van der Waals surface area contributed by atoms with E-state index in [0.29, 0.717) is 18.2 Å². The number of carbonyl (C=O) groups excluding carboxylic acids is 1. The average molecular weight is 270 g/mol. The average Bonchev–Trinajstić information content (AvgIpc) is 2.98. The summed E-state index contributed by atoms with van der Waals surface area (Å²) in [6, 6.07) is -0.148. The van der Waals surface area contributed by atoms with Crippen molar-refractivity contribution in [2.24, 2.45) is 5.92 Å². The van der Waals surface area contributed by atoms with Crippen LogP contribution in [0.1, 0.15) is 24.8 Å². The zero-order chi connectivity index (χ0) is 13.0. The highest BCUT2D eigenvalue weighted by molar-refractivity contribution is 7.15. The van der Waals surface area contributed by atoms with Crippen molar-refractivity contribution in [2.45, 2.75) is 26.2 Å². The first-order valence-electron chi connectivity index (χ1n) is 6.22. The molecule has 18 heavy (non-hydrogen) atoms. The Bertz CT molecular complexity index is 410. The minimum absolute atomic E-state index is 0.142. The molecule has 1 aromatic rings. The van der Waals surface area contributed by atoms with E-state index < -0.39 is 0 Å². The Morgan fingerprint density at radius 2 is 2.44 bits per heavy atom. The molecule has 2 heterocycles. The Hall–Kier alpha value is -1.21. The number of rotatable bonds is 4. The molecule has 0 aliphatic carbocycles. The van der Waals surface area contributed by atoms with Crippen LogP contribution in [-0.2, 0) is 6.42 Å². The number of carbonyl (C=O) groups is 1. The van der Waals surface area contributed by atoms with Gasteiger partial charge in [-0.15, -0.1) is 10.2 Å². The van der Waals surface area contributed by atoms with E-state index in [4.69, 9.17) is 5.11 Å². The zero-order valence-electron chi connectivity index (χ0n) is 10.4. The molecule has 7 heteroatoms. The van der Waals surface area contributed by atoms with Crippen LogP contribution in [0.4, 0.5) is 9.93 Å². The van der Waals surface area contributed by atoms with E-state index in [2.05, 4.69) is 22.4 Å². The number of aryl methyl sites for hydroxylation is 1. The van der Waals surface area contributed by atoms with Crippen LogP contribution in [0.25, 0.3) is 0 Å². The molecule has 1 aromatic heterocycles. The molecule has 1 unspecified atom stereocenters. The largest absolute Gasteiger partial charge is 0.396 e. The number of hydrogen-bond acceptors (Lipinski definition) is 5. The van der Waals surface area contributed by atoms with E-state index in [0.717, 1.165) is 24.3 Å². The lowest BCUT2D eigenvalue weighted by Gasteiger charge is -2.15. The first-order valence-corrected chi connectivity index (χ1v) is 7.03. The molecule has 1 fully saturated rings. The van der Waals surface area contributed by atoms with E-state index in [9.17, 15) is 4.79 Å². The quantitative estimate of drug-likeness (QED) is 0.865. The maximum atomic E-state index is 11.9. The maximum Gasteiger partial charge on any atom is 0.323 e. The first kappa shape index (κ1) is 13.2. The van der Waals surface area contributed by atoms with Crippen molar-refractivity contribution in [1.29, 1.82) is 0 Å². The van der Waals surface area contributed by atoms with Crippen molar-refractivity contribution in [3.63, 3.8) is 0 Å². The molecule has 0 radical (unpaired) electrons. The fourth-order valence-corrected chi connectivity index (χ4v) is 2.79. The van der Waals surface area contributed by atoms with Gasteiger partial charge in [-0.25, -0.2) is 4.79 Å². The predicted octanol–water partition coefficient (Wildman–Crippen LogP) is 1.34. The van der Waals surface area contributed by atoms with Gasteiger partial charge in [0.15, 0.2) is 0 Å². The third kappa shape index (κ3) is 3.17. The Kier molecular flexibility index (Phi) is 4.48. The lowest BCUT2D eigenvalue weighted by Crippen LogP contribution is -2.33. The number of aromatic nitrogens is 2. The molecule has 1 aliphatic rings. The Morgan fingerprint density at radius 3 is 3.11 bits per heavy atom. The molecular weight excluding hydrogens is 252 g/mol. The highest BCUT2D eigenvalue weighted by Crippen LogP contribution is 2.19. The minimum Gasteiger partial charge on any atom is -0.396 e. The number of aliphatic hydroxyl groups is 1. The standard InChI is InChI=1S/C11H18N4O2S/c1-2-3-9-13-14-10(18-9)12-11(17)15-5-4-8(6-15)7-16/h8,16H,2-7H2,1H3,(H,12,14,17). The number of nitrogens with one attached hydrogen (secondary N) is 1. The molecule has 1 saturated heterocycles. The van der Waals surface area contributed by atoms with Crippen LogP contribution in [0.15, 0.2) is 0 Å². The molecule has 6 nitrogen and oxygen atoms in total. The number of amides is 2. The van der Waals surface area contributed by atoms with Gasteiger partial charge in [0.2, 0.25) is 5.13 Å². The lowest BCUT2D eigenvalue weighted by atomic mass is 10.1. The predicted molar refractivity (Wildman–Crippen MR) is 69.7 cm³/mol. The zero-order valence-corrected chi connectivity index (χ0v) is 11.2. The minimum atomic E-state index is -0.148. The molecule has 0 spiro atoms. The molecule has 0 saturated carbocycles. The highest BCUT2D eigenvalue weighted by atomic mass is 32.1. The van der Waals surface area contributed by atoms with Crippen molar-refractivity contribution in [3.05, 3.63) is 5.01 Å². The smallest absolute Gasteiger partial charge is 0.323 e. The van der Waals surface area contributed by atoms with Crippen LogP contribution in [0.5, 0.6) is 0 Å². The van der Waals surface area contributed by atoms with Crippen LogP contribution in [0.2, 0.25) is 0 Å². The van der Waals surface area contributed by atoms with Crippen molar-refractivity contribution >= 4 is 22.5 Å². The van der Waals surface area contributed by atoms with Crippen LogP contribution >= 0.6 is 11.3 Å². The molecule has 2 N–H and O–H groups in total. The summed E-state index contributed by atoms with van der Waals surface area (Å²) in [7, 11) is 0. The molecule has 1 atom stereocenters. The fourth-order valence-electron chi connectivity index (χ4n) is 1.96. The van der Waals surface area contributed by atoms with Gasteiger partial charge in [0.25, 0.3) is 0 Å². The summed E-state index contributed by atoms with van der Waals surface area (Å²) in [5.41, 5.74) is 0. The third-order valence-corrected chi connectivity index (χ3v) is 3.87. The number of anilines is 1. The van der Waals surface area contributed by atoms with E-state index in [1.807, 2.05) is 0 Å².